The van der Waals surface area contributed by atoms with Gasteiger partial charge in [0.1, 0.15) is 12.1 Å². The summed E-state index contributed by atoms with van der Waals surface area (Å²) in [6.45, 7) is 5.20. The maximum Gasteiger partial charge on any atom is 0.129 e. The Morgan fingerprint density at radius 1 is 1.20 bits per heavy atom. The van der Waals surface area contributed by atoms with Crippen LogP contribution in [0.5, 0.6) is 0 Å². The Bertz CT molecular complexity index is 696. The monoisotopic (exact) mass is 337 g/mol. The van der Waals surface area contributed by atoms with Crippen LogP contribution in [0.1, 0.15) is 36.4 Å². The van der Waals surface area contributed by atoms with E-state index in [2.05, 4.69) is 55.8 Å². The third-order valence-electron chi connectivity index (χ3n) is 5.30. The molecule has 0 aliphatic carbocycles. The molecule has 4 rings (SSSR count). The average molecular weight is 337 g/mol. The minimum atomic E-state index is 0.520. The molecule has 5 nitrogen and oxygen atoms in total. The van der Waals surface area contributed by atoms with Gasteiger partial charge < -0.3 is 15.5 Å². The van der Waals surface area contributed by atoms with Gasteiger partial charge in [0.05, 0.1) is 5.69 Å². The van der Waals surface area contributed by atoms with Gasteiger partial charge in [0.15, 0.2) is 0 Å². The van der Waals surface area contributed by atoms with Crippen molar-refractivity contribution >= 4 is 11.5 Å². The van der Waals surface area contributed by atoms with Crippen molar-refractivity contribution in [1.82, 2.24) is 15.3 Å². The largest absolute Gasteiger partial charge is 0.370 e. The summed E-state index contributed by atoms with van der Waals surface area (Å²) in [4.78, 5) is 11.4. The summed E-state index contributed by atoms with van der Waals surface area (Å²) >= 11 is 0. The summed E-state index contributed by atoms with van der Waals surface area (Å²) in [7, 11) is 0. The van der Waals surface area contributed by atoms with Crippen LogP contribution in [0.4, 0.5) is 11.5 Å². The number of hydrogen-bond donors (Lipinski definition) is 2. The number of hydrogen-bond acceptors (Lipinski definition) is 5. The number of nitrogens with zero attached hydrogens (tertiary/aromatic N) is 3. The van der Waals surface area contributed by atoms with E-state index in [0.29, 0.717) is 5.92 Å². The van der Waals surface area contributed by atoms with Crippen LogP contribution in [0.3, 0.4) is 0 Å². The Morgan fingerprint density at radius 3 is 3.08 bits per heavy atom. The van der Waals surface area contributed by atoms with E-state index in [-0.39, 0.29) is 0 Å². The first kappa shape index (κ1) is 16.3. The lowest BCUT2D eigenvalue weighted by atomic mass is 9.96. The molecule has 1 aromatic heterocycles. The fraction of sp³-hybridized carbons (Fsp3) is 0.500. The third kappa shape index (κ3) is 3.93. The van der Waals surface area contributed by atoms with E-state index in [0.717, 1.165) is 44.2 Å². The minimum Gasteiger partial charge on any atom is -0.370 e. The maximum atomic E-state index is 4.49. The summed E-state index contributed by atoms with van der Waals surface area (Å²) in [5.41, 5.74) is 4.03. The number of para-hydroxylation sites is 1. The molecule has 1 fully saturated rings. The number of piperidine rings is 1. The molecular weight excluding hydrogens is 310 g/mol. The van der Waals surface area contributed by atoms with Gasteiger partial charge in [-0.05, 0) is 43.9 Å². The Hall–Kier alpha value is -2.14. The minimum absolute atomic E-state index is 0.520. The highest BCUT2D eigenvalue weighted by atomic mass is 15.2. The molecule has 1 aromatic carbocycles. The van der Waals surface area contributed by atoms with Crippen LogP contribution < -0.4 is 15.5 Å². The fourth-order valence-electron chi connectivity index (χ4n) is 3.96. The molecule has 0 spiro atoms. The van der Waals surface area contributed by atoms with E-state index in [1.807, 2.05) is 0 Å². The highest BCUT2D eigenvalue weighted by Crippen LogP contribution is 2.26. The second-order valence-electron chi connectivity index (χ2n) is 7.02. The van der Waals surface area contributed by atoms with Crippen molar-refractivity contribution in [3.8, 4) is 0 Å². The lowest BCUT2D eigenvalue weighted by Gasteiger charge is -2.31. The number of nitrogens with one attached hydrogen (secondary N) is 2. The van der Waals surface area contributed by atoms with Crippen molar-refractivity contribution in [2.75, 3.05) is 42.9 Å². The van der Waals surface area contributed by atoms with E-state index in [1.165, 1.54) is 36.9 Å². The molecule has 2 aliphatic rings. The predicted molar refractivity (Wildman–Crippen MR) is 102 cm³/mol. The van der Waals surface area contributed by atoms with Crippen LogP contribution in [0.2, 0.25) is 0 Å². The van der Waals surface area contributed by atoms with Crippen molar-refractivity contribution in [2.24, 2.45) is 0 Å². The van der Waals surface area contributed by atoms with Gasteiger partial charge in [-0.25, -0.2) is 9.97 Å². The number of aromatic nitrogens is 2. The topological polar surface area (TPSA) is 53.1 Å². The first-order valence-electron chi connectivity index (χ1n) is 9.49. The second kappa shape index (κ2) is 7.83. The molecule has 1 saturated heterocycles. The quantitative estimate of drug-likeness (QED) is 0.879. The maximum absolute atomic E-state index is 4.49. The van der Waals surface area contributed by atoms with Crippen LogP contribution in [0.25, 0.3) is 0 Å². The number of rotatable bonds is 5. The zero-order chi connectivity index (χ0) is 16.9. The van der Waals surface area contributed by atoms with Crippen molar-refractivity contribution in [3.63, 3.8) is 0 Å². The molecular formula is C20H27N5. The average Bonchev–Trinajstić information content (AvgIpc) is 2.69. The molecule has 1 atom stereocenters. The smallest absolute Gasteiger partial charge is 0.129 e. The summed E-state index contributed by atoms with van der Waals surface area (Å²) in [5, 5.41) is 6.95. The highest BCUT2D eigenvalue weighted by molar-refractivity contribution is 5.55. The molecule has 0 amide bonds. The van der Waals surface area contributed by atoms with Crippen LogP contribution >= 0.6 is 0 Å². The number of anilines is 2. The van der Waals surface area contributed by atoms with Gasteiger partial charge in [0.2, 0.25) is 0 Å². The fourth-order valence-corrected chi connectivity index (χ4v) is 3.96. The van der Waals surface area contributed by atoms with Gasteiger partial charge in [-0.3, -0.25) is 0 Å². The van der Waals surface area contributed by atoms with Crippen LogP contribution in [-0.2, 0) is 6.42 Å². The van der Waals surface area contributed by atoms with E-state index < -0.39 is 0 Å². The zero-order valence-corrected chi connectivity index (χ0v) is 14.7. The second-order valence-corrected chi connectivity index (χ2v) is 7.02. The molecule has 0 bridgehead atoms. The molecule has 25 heavy (non-hydrogen) atoms. The van der Waals surface area contributed by atoms with Crippen LogP contribution in [-0.4, -0.2) is 42.7 Å². The lowest BCUT2D eigenvalue weighted by Crippen LogP contribution is -2.33. The normalized spacial score (nSPS) is 20.2. The van der Waals surface area contributed by atoms with Gasteiger partial charge in [-0.1, -0.05) is 18.2 Å². The lowest BCUT2D eigenvalue weighted by molar-refractivity contribution is 0.454. The molecule has 0 unspecified atom stereocenters. The van der Waals surface area contributed by atoms with Gasteiger partial charge in [-0.15, -0.1) is 0 Å². The van der Waals surface area contributed by atoms with Gasteiger partial charge in [0, 0.05) is 43.9 Å². The van der Waals surface area contributed by atoms with E-state index in [1.54, 1.807) is 6.33 Å². The Morgan fingerprint density at radius 2 is 2.16 bits per heavy atom. The van der Waals surface area contributed by atoms with Gasteiger partial charge in [-0.2, -0.15) is 0 Å². The number of benzene rings is 1. The van der Waals surface area contributed by atoms with Crippen LogP contribution in [0.15, 0.2) is 36.7 Å². The third-order valence-corrected chi connectivity index (χ3v) is 5.30. The molecule has 132 valence electrons. The summed E-state index contributed by atoms with van der Waals surface area (Å²) in [5.74, 6) is 1.46. The van der Waals surface area contributed by atoms with E-state index in [4.69, 9.17) is 0 Å². The Kier molecular flexibility index (Phi) is 5.11. The summed E-state index contributed by atoms with van der Waals surface area (Å²) < 4.78 is 0. The van der Waals surface area contributed by atoms with Crippen LogP contribution in [0, 0.1) is 0 Å². The van der Waals surface area contributed by atoms with Crippen molar-refractivity contribution in [1.29, 1.82) is 0 Å². The predicted octanol–water partition coefficient (Wildman–Crippen LogP) is 2.81. The number of aryl methyl sites for hydroxylation is 1. The summed E-state index contributed by atoms with van der Waals surface area (Å²) in [6, 6.07) is 10.9. The molecule has 2 aliphatic heterocycles. The molecule has 5 heteroatoms. The Labute approximate surface area is 149 Å². The van der Waals surface area contributed by atoms with Gasteiger partial charge >= 0.3 is 0 Å². The summed E-state index contributed by atoms with van der Waals surface area (Å²) in [6.07, 6.45) is 6.58. The van der Waals surface area contributed by atoms with E-state index >= 15 is 0 Å². The first-order valence-corrected chi connectivity index (χ1v) is 9.49. The van der Waals surface area contributed by atoms with Crippen molar-refractivity contribution in [2.45, 2.75) is 31.6 Å². The Balaban J connectivity index is 1.35. The van der Waals surface area contributed by atoms with Crippen molar-refractivity contribution < 1.29 is 0 Å². The molecule has 2 N–H and O–H groups in total. The molecule has 3 heterocycles. The molecule has 0 radical (unpaired) electrons. The van der Waals surface area contributed by atoms with Gasteiger partial charge in [0.25, 0.3) is 0 Å². The number of fused-ring (bicyclic) bond motifs is 1. The SMILES string of the molecule is c1ccc2c(c1)CCCN2CCNc1cc([C@@H]2CCCNC2)ncn1. The molecule has 2 aromatic rings. The first-order chi connectivity index (χ1) is 12.4. The zero-order valence-electron chi connectivity index (χ0n) is 14.7. The molecule has 0 saturated carbocycles. The van der Waals surface area contributed by atoms with E-state index in [9.17, 15) is 0 Å². The highest BCUT2D eigenvalue weighted by Gasteiger charge is 2.18. The standard InChI is InChI=1S/C20H27N5/c1-2-8-19-16(5-1)7-4-11-25(19)12-10-22-20-13-18(23-15-24-20)17-6-3-9-21-14-17/h1-2,5,8,13,15,17,21H,3-4,6-7,9-12,14H2,(H,22,23,24)/t17-/m1/s1. The van der Waals surface area contributed by atoms with Crippen molar-refractivity contribution in [3.05, 3.63) is 47.9 Å².